The van der Waals surface area contributed by atoms with Crippen molar-refractivity contribution in [2.75, 3.05) is 39.4 Å². The molecule has 0 unspecified atom stereocenters. The second-order valence-corrected chi connectivity index (χ2v) is 6.37. The summed E-state index contributed by atoms with van der Waals surface area (Å²) >= 11 is 0. The van der Waals surface area contributed by atoms with Gasteiger partial charge >= 0.3 is 5.97 Å². The van der Waals surface area contributed by atoms with E-state index in [4.69, 9.17) is 13.9 Å². The third kappa shape index (κ3) is 4.91. The van der Waals surface area contributed by atoms with Gasteiger partial charge in [-0.2, -0.15) is 0 Å². The van der Waals surface area contributed by atoms with Crippen molar-refractivity contribution in [1.29, 1.82) is 0 Å². The molecule has 2 aromatic rings. The Balaban J connectivity index is 1.38. The summed E-state index contributed by atoms with van der Waals surface area (Å²) in [6.07, 6.45) is 1.45. The Morgan fingerprint density at radius 1 is 0.964 bits per heavy atom. The maximum Gasteiger partial charge on any atom is 0.344 e. The molecule has 3 rings (SSSR count). The monoisotopic (exact) mass is 386 g/mol. The van der Waals surface area contributed by atoms with Crippen LogP contribution in [-0.2, 0) is 14.3 Å². The highest BCUT2D eigenvalue weighted by Crippen LogP contribution is 2.16. The van der Waals surface area contributed by atoms with E-state index in [9.17, 15) is 14.4 Å². The van der Waals surface area contributed by atoms with Crippen molar-refractivity contribution in [3.8, 4) is 5.75 Å². The molecule has 1 saturated heterocycles. The van der Waals surface area contributed by atoms with Gasteiger partial charge in [-0.3, -0.25) is 9.59 Å². The van der Waals surface area contributed by atoms with Crippen molar-refractivity contribution in [2.24, 2.45) is 0 Å². The minimum Gasteiger partial charge on any atom is -0.482 e. The summed E-state index contributed by atoms with van der Waals surface area (Å²) in [7, 11) is 0. The maximum absolute atomic E-state index is 12.2. The average molecular weight is 386 g/mol. The molecule has 2 heterocycles. The number of esters is 1. The summed E-state index contributed by atoms with van der Waals surface area (Å²) < 4.78 is 15.5. The normalized spacial score (nSPS) is 13.9. The molecule has 8 nitrogen and oxygen atoms in total. The zero-order valence-corrected chi connectivity index (χ0v) is 15.6. The van der Waals surface area contributed by atoms with Crippen LogP contribution in [0.25, 0.3) is 0 Å². The second kappa shape index (κ2) is 9.07. The molecular weight excluding hydrogens is 364 g/mol. The van der Waals surface area contributed by atoms with Gasteiger partial charge in [-0.1, -0.05) is 18.2 Å². The first-order valence-electron chi connectivity index (χ1n) is 8.99. The SMILES string of the molecule is Cc1ccccc1OCC(=O)OCC(=O)N1CCN(C(=O)c2ccco2)CC1. The topological polar surface area (TPSA) is 89.3 Å². The van der Waals surface area contributed by atoms with Gasteiger partial charge in [0.1, 0.15) is 5.75 Å². The van der Waals surface area contributed by atoms with Crippen molar-refractivity contribution >= 4 is 17.8 Å². The lowest BCUT2D eigenvalue weighted by atomic mass is 10.2. The average Bonchev–Trinajstić information content (AvgIpc) is 3.26. The number of rotatable bonds is 6. The minimum atomic E-state index is -0.608. The highest BCUT2D eigenvalue weighted by molar-refractivity contribution is 5.91. The molecule has 0 atom stereocenters. The van der Waals surface area contributed by atoms with Crippen molar-refractivity contribution < 1.29 is 28.3 Å². The molecule has 0 aliphatic carbocycles. The molecule has 0 N–H and O–H groups in total. The number of aryl methyl sites for hydroxylation is 1. The number of ether oxygens (including phenoxy) is 2. The minimum absolute atomic E-state index is 0.197. The highest BCUT2D eigenvalue weighted by Gasteiger charge is 2.26. The third-order valence-electron chi connectivity index (χ3n) is 4.45. The predicted molar refractivity (Wildman–Crippen MR) is 98.8 cm³/mol. The first kappa shape index (κ1) is 19.5. The standard InChI is InChI=1S/C20H22N2O6/c1-15-5-2-3-6-16(15)27-14-19(24)28-13-18(23)21-8-10-22(11-9-21)20(25)17-7-4-12-26-17/h2-7,12H,8-11,13-14H2,1H3. The van der Waals surface area contributed by atoms with E-state index < -0.39 is 5.97 Å². The fourth-order valence-electron chi connectivity index (χ4n) is 2.85. The third-order valence-corrected chi connectivity index (χ3v) is 4.45. The molecule has 1 aliphatic rings. The molecular formula is C20H22N2O6. The van der Waals surface area contributed by atoms with Crippen LogP contribution in [0.3, 0.4) is 0 Å². The molecule has 8 heteroatoms. The summed E-state index contributed by atoms with van der Waals surface area (Å²) in [6.45, 7) is 2.82. The smallest absolute Gasteiger partial charge is 0.344 e. The molecule has 148 valence electrons. The summed E-state index contributed by atoms with van der Waals surface area (Å²) in [5.41, 5.74) is 0.911. The number of carbonyl (C=O) groups excluding carboxylic acids is 3. The Hall–Kier alpha value is -3.29. The lowest BCUT2D eigenvalue weighted by Gasteiger charge is -2.34. The van der Waals surface area contributed by atoms with Crippen molar-refractivity contribution in [3.63, 3.8) is 0 Å². The van der Waals surface area contributed by atoms with Gasteiger partial charge in [-0.25, -0.2) is 4.79 Å². The molecule has 1 aliphatic heterocycles. The van der Waals surface area contributed by atoms with Gasteiger partial charge in [0.2, 0.25) is 0 Å². The van der Waals surface area contributed by atoms with Gasteiger partial charge in [0.25, 0.3) is 11.8 Å². The molecule has 1 aromatic carbocycles. The number of para-hydroxylation sites is 1. The van der Waals surface area contributed by atoms with Gasteiger partial charge in [-0.15, -0.1) is 0 Å². The van der Waals surface area contributed by atoms with Gasteiger partial charge in [0, 0.05) is 26.2 Å². The highest BCUT2D eigenvalue weighted by atomic mass is 16.6. The fourth-order valence-corrected chi connectivity index (χ4v) is 2.85. The number of carbonyl (C=O) groups is 3. The van der Waals surface area contributed by atoms with Gasteiger partial charge < -0.3 is 23.7 Å². The zero-order chi connectivity index (χ0) is 19.9. The summed E-state index contributed by atoms with van der Waals surface area (Å²) in [4.78, 5) is 39.4. The Labute approximate surface area is 162 Å². The van der Waals surface area contributed by atoms with Crippen molar-refractivity contribution in [3.05, 3.63) is 54.0 Å². The number of nitrogens with zero attached hydrogens (tertiary/aromatic N) is 2. The van der Waals surface area contributed by atoms with E-state index in [0.717, 1.165) is 5.56 Å². The van der Waals surface area contributed by atoms with E-state index >= 15 is 0 Å². The van der Waals surface area contributed by atoms with E-state index in [1.54, 1.807) is 28.0 Å². The molecule has 0 bridgehead atoms. The summed E-state index contributed by atoms with van der Waals surface area (Å²) in [5.74, 6) is -0.222. The van der Waals surface area contributed by atoms with Gasteiger partial charge in [-0.05, 0) is 30.7 Å². The van der Waals surface area contributed by atoms with E-state index in [2.05, 4.69) is 0 Å². The number of furan rings is 1. The van der Waals surface area contributed by atoms with Crippen LogP contribution in [-0.4, -0.2) is 67.0 Å². The van der Waals surface area contributed by atoms with E-state index in [1.807, 2.05) is 25.1 Å². The van der Waals surface area contributed by atoms with Crippen LogP contribution >= 0.6 is 0 Å². The Morgan fingerprint density at radius 2 is 1.68 bits per heavy atom. The van der Waals surface area contributed by atoms with Crippen LogP contribution in [0.15, 0.2) is 47.1 Å². The quantitative estimate of drug-likeness (QED) is 0.699. The van der Waals surface area contributed by atoms with Crippen LogP contribution < -0.4 is 4.74 Å². The number of benzene rings is 1. The fraction of sp³-hybridized carbons (Fsp3) is 0.350. The van der Waals surface area contributed by atoms with E-state index in [0.29, 0.717) is 31.9 Å². The molecule has 1 aromatic heterocycles. The number of amides is 2. The maximum atomic E-state index is 12.2. The molecule has 28 heavy (non-hydrogen) atoms. The molecule has 2 amide bonds. The summed E-state index contributed by atoms with van der Waals surface area (Å²) in [6, 6.07) is 10.6. The molecule has 0 radical (unpaired) electrons. The van der Waals surface area contributed by atoms with Crippen LogP contribution in [0.2, 0.25) is 0 Å². The number of hydrogen-bond donors (Lipinski definition) is 0. The number of hydrogen-bond acceptors (Lipinski definition) is 6. The Morgan fingerprint density at radius 3 is 2.36 bits per heavy atom. The van der Waals surface area contributed by atoms with E-state index in [-0.39, 0.29) is 30.8 Å². The molecule has 0 spiro atoms. The Bertz CT molecular complexity index is 825. The summed E-state index contributed by atoms with van der Waals surface area (Å²) in [5, 5.41) is 0. The molecule has 1 fully saturated rings. The number of piperazine rings is 1. The van der Waals surface area contributed by atoms with Crippen molar-refractivity contribution in [2.45, 2.75) is 6.92 Å². The van der Waals surface area contributed by atoms with Crippen molar-refractivity contribution in [1.82, 2.24) is 9.80 Å². The lowest BCUT2D eigenvalue weighted by molar-refractivity contribution is -0.154. The van der Waals surface area contributed by atoms with Gasteiger partial charge in [0.05, 0.1) is 6.26 Å². The van der Waals surface area contributed by atoms with Crippen LogP contribution in [0, 0.1) is 6.92 Å². The lowest BCUT2D eigenvalue weighted by Crippen LogP contribution is -2.51. The van der Waals surface area contributed by atoms with Crippen LogP contribution in [0.4, 0.5) is 0 Å². The van der Waals surface area contributed by atoms with Crippen LogP contribution in [0.5, 0.6) is 5.75 Å². The van der Waals surface area contributed by atoms with Crippen LogP contribution in [0.1, 0.15) is 16.1 Å². The molecule has 0 saturated carbocycles. The predicted octanol–water partition coefficient (Wildman–Crippen LogP) is 1.49. The largest absolute Gasteiger partial charge is 0.482 e. The van der Waals surface area contributed by atoms with Gasteiger partial charge in [0.15, 0.2) is 19.0 Å². The zero-order valence-electron chi connectivity index (χ0n) is 15.6. The first-order chi connectivity index (χ1) is 13.5. The Kier molecular flexibility index (Phi) is 6.31. The van der Waals surface area contributed by atoms with E-state index in [1.165, 1.54) is 6.26 Å². The first-order valence-corrected chi connectivity index (χ1v) is 8.99. The second-order valence-electron chi connectivity index (χ2n) is 6.37.